The van der Waals surface area contributed by atoms with E-state index < -0.39 is 5.97 Å². The van der Waals surface area contributed by atoms with Crippen LogP contribution in [0.15, 0.2) is 23.0 Å². The number of nitrogens with zero attached hydrogens (tertiary/aromatic N) is 1. The normalized spacial score (nSPS) is 9.81. The van der Waals surface area contributed by atoms with E-state index in [0.29, 0.717) is 6.54 Å². The van der Waals surface area contributed by atoms with Crippen LogP contribution in [0.5, 0.6) is 0 Å². The van der Waals surface area contributed by atoms with E-state index in [1.54, 1.807) is 13.1 Å². The van der Waals surface area contributed by atoms with Crippen LogP contribution in [0.2, 0.25) is 0 Å². The lowest BCUT2D eigenvalue weighted by atomic mass is 10.3. The third-order valence-corrected chi connectivity index (χ3v) is 2.03. The van der Waals surface area contributed by atoms with Crippen LogP contribution in [0.1, 0.15) is 12.0 Å². The maximum Gasteiger partial charge on any atom is 0.317 e. The van der Waals surface area contributed by atoms with Crippen molar-refractivity contribution in [3.05, 3.63) is 24.2 Å². The largest absolute Gasteiger partial charge is 0.481 e. The first-order valence-corrected chi connectivity index (χ1v) is 4.81. The van der Waals surface area contributed by atoms with Gasteiger partial charge in [-0.25, -0.2) is 4.79 Å². The van der Waals surface area contributed by atoms with Gasteiger partial charge in [-0.2, -0.15) is 0 Å². The Morgan fingerprint density at radius 1 is 1.56 bits per heavy atom. The molecule has 2 N–H and O–H groups in total. The number of aliphatic carboxylic acids is 1. The molecule has 2 amide bonds. The first-order chi connectivity index (χ1) is 7.59. The molecule has 0 aliphatic rings. The Hall–Kier alpha value is -1.98. The van der Waals surface area contributed by atoms with E-state index in [2.05, 4.69) is 5.32 Å². The molecule has 88 valence electrons. The maximum absolute atomic E-state index is 11.4. The Labute approximate surface area is 92.8 Å². The van der Waals surface area contributed by atoms with Gasteiger partial charge in [0, 0.05) is 25.7 Å². The Bertz CT molecular complexity index is 348. The first-order valence-electron chi connectivity index (χ1n) is 4.81. The lowest BCUT2D eigenvalue weighted by molar-refractivity contribution is -0.137. The predicted molar refractivity (Wildman–Crippen MR) is 55.8 cm³/mol. The molecule has 1 heterocycles. The summed E-state index contributed by atoms with van der Waals surface area (Å²) in [5.74, 6) is -0.922. The van der Waals surface area contributed by atoms with Crippen molar-refractivity contribution in [2.75, 3.05) is 13.6 Å². The lowest BCUT2D eigenvalue weighted by Gasteiger charge is -2.16. The van der Waals surface area contributed by atoms with E-state index in [4.69, 9.17) is 9.52 Å². The third kappa shape index (κ3) is 4.04. The predicted octanol–water partition coefficient (Wildman–Crippen LogP) is 0.896. The highest BCUT2D eigenvalue weighted by Crippen LogP contribution is 1.99. The number of hydrogen-bond acceptors (Lipinski definition) is 3. The molecule has 16 heavy (non-hydrogen) atoms. The first kappa shape index (κ1) is 12.1. The molecule has 1 aromatic heterocycles. The number of amides is 2. The number of carboxylic acid groups (broad SMARTS) is 1. The zero-order valence-electron chi connectivity index (χ0n) is 8.97. The standard InChI is InChI=1S/C10H14N2O4/c1-12(4-2-9(13)14)10(15)11-6-8-3-5-16-7-8/h3,5,7H,2,4,6H2,1H3,(H,11,15)(H,13,14). The van der Waals surface area contributed by atoms with E-state index in [9.17, 15) is 9.59 Å². The molecular formula is C10H14N2O4. The second-order valence-electron chi connectivity index (χ2n) is 3.36. The molecule has 0 aromatic carbocycles. The number of carbonyl (C=O) groups is 2. The summed E-state index contributed by atoms with van der Waals surface area (Å²) >= 11 is 0. The molecule has 0 unspecified atom stereocenters. The van der Waals surface area contributed by atoms with E-state index in [0.717, 1.165) is 5.56 Å². The van der Waals surface area contributed by atoms with Crippen LogP contribution in [0, 0.1) is 0 Å². The van der Waals surface area contributed by atoms with Crippen LogP contribution >= 0.6 is 0 Å². The molecule has 0 fully saturated rings. The Kier molecular flexibility index (Phi) is 4.38. The quantitative estimate of drug-likeness (QED) is 0.781. The number of hydrogen-bond donors (Lipinski definition) is 2. The van der Waals surface area contributed by atoms with Gasteiger partial charge in [0.25, 0.3) is 0 Å². The van der Waals surface area contributed by atoms with Crippen LogP contribution in [-0.2, 0) is 11.3 Å². The van der Waals surface area contributed by atoms with Crippen LogP contribution in [0.3, 0.4) is 0 Å². The van der Waals surface area contributed by atoms with Gasteiger partial charge in [-0.3, -0.25) is 4.79 Å². The highest BCUT2D eigenvalue weighted by atomic mass is 16.4. The fourth-order valence-corrected chi connectivity index (χ4v) is 1.07. The third-order valence-electron chi connectivity index (χ3n) is 2.03. The number of carboxylic acids is 1. The van der Waals surface area contributed by atoms with E-state index >= 15 is 0 Å². The summed E-state index contributed by atoms with van der Waals surface area (Å²) in [6.45, 7) is 0.555. The molecule has 0 saturated heterocycles. The Morgan fingerprint density at radius 3 is 2.88 bits per heavy atom. The molecule has 0 atom stereocenters. The lowest BCUT2D eigenvalue weighted by Crippen LogP contribution is -2.37. The van der Waals surface area contributed by atoms with Crippen molar-refractivity contribution in [1.82, 2.24) is 10.2 Å². The minimum atomic E-state index is -0.922. The number of furan rings is 1. The van der Waals surface area contributed by atoms with Crippen molar-refractivity contribution >= 4 is 12.0 Å². The molecule has 1 rings (SSSR count). The summed E-state index contributed by atoms with van der Waals surface area (Å²) in [4.78, 5) is 23.1. The minimum absolute atomic E-state index is 0.0599. The molecule has 6 heteroatoms. The fourth-order valence-electron chi connectivity index (χ4n) is 1.07. The molecule has 6 nitrogen and oxygen atoms in total. The zero-order chi connectivity index (χ0) is 12.0. The van der Waals surface area contributed by atoms with Crippen molar-refractivity contribution in [2.24, 2.45) is 0 Å². The van der Waals surface area contributed by atoms with Gasteiger partial charge in [-0.15, -0.1) is 0 Å². The van der Waals surface area contributed by atoms with Crippen LogP contribution < -0.4 is 5.32 Å². The minimum Gasteiger partial charge on any atom is -0.481 e. The second kappa shape index (κ2) is 5.79. The van der Waals surface area contributed by atoms with Crippen molar-refractivity contribution < 1.29 is 19.1 Å². The second-order valence-corrected chi connectivity index (χ2v) is 3.36. The monoisotopic (exact) mass is 226 g/mol. The number of rotatable bonds is 5. The summed E-state index contributed by atoms with van der Waals surface area (Å²) in [5, 5.41) is 11.1. The van der Waals surface area contributed by atoms with Crippen LogP contribution in [0.25, 0.3) is 0 Å². The van der Waals surface area contributed by atoms with Gasteiger partial charge in [0.05, 0.1) is 18.9 Å². The summed E-state index contributed by atoms with van der Waals surface area (Å²) in [7, 11) is 1.55. The highest BCUT2D eigenvalue weighted by molar-refractivity contribution is 5.74. The number of urea groups is 1. The van der Waals surface area contributed by atoms with Crippen molar-refractivity contribution in [2.45, 2.75) is 13.0 Å². The summed E-state index contributed by atoms with van der Waals surface area (Å²) in [6, 6.07) is 1.44. The van der Waals surface area contributed by atoms with Crippen LogP contribution in [0.4, 0.5) is 4.79 Å². The van der Waals surface area contributed by atoms with Gasteiger partial charge in [0.2, 0.25) is 0 Å². The fraction of sp³-hybridized carbons (Fsp3) is 0.400. The maximum atomic E-state index is 11.4. The number of nitrogens with one attached hydrogen (secondary N) is 1. The summed E-state index contributed by atoms with van der Waals surface area (Å²) < 4.78 is 4.84. The average Bonchev–Trinajstić information content (AvgIpc) is 2.75. The highest BCUT2D eigenvalue weighted by Gasteiger charge is 2.09. The topological polar surface area (TPSA) is 82.8 Å². The van der Waals surface area contributed by atoms with Gasteiger partial charge in [0.1, 0.15) is 0 Å². The molecule has 0 spiro atoms. The van der Waals surface area contributed by atoms with Gasteiger partial charge >= 0.3 is 12.0 Å². The summed E-state index contributed by atoms with van der Waals surface area (Å²) in [5.41, 5.74) is 0.861. The van der Waals surface area contributed by atoms with Crippen molar-refractivity contribution in [1.29, 1.82) is 0 Å². The molecule has 0 aliphatic heterocycles. The van der Waals surface area contributed by atoms with Gasteiger partial charge in [-0.05, 0) is 6.07 Å². The average molecular weight is 226 g/mol. The van der Waals surface area contributed by atoms with E-state index in [1.165, 1.54) is 17.4 Å². The molecule has 0 saturated carbocycles. The van der Waals surface area contributed by atoms with E-state index in [-0.39, 0.29) is 19.0 Å². The molecule has 0 aliphatic carbocycles. The smallest absolute Gasteiger partial charge is 0.317 e. The van der Waals surface area contributed by atoms with E-state index in [1.807, 2.05) is 0 Å². The molecule has 1 aromatic rings. The number of carbonyl (C=O) groups excluding carboxylic acids is 1. The van der Waals surface area contributed by atoms with Gasteiger partial charge in [-0.1, -0.05) is 0 Å². The molecular weight excluding hydrogens is 212 g/mol. The SMILES string of the molecule is CN(CCC(=O)O)C(=O)NCc1ccoc1. The van der Waals surface area contributed by atoms with Gasteiger partial charge < -0.3 is 19.7 Å². The van der Waals surface area contributed by atoms with Gasteiger partial charge in [0.15, 0.2) is 0 Å². The van der Waals surface area contributed by atoms with Crippen LogP contribution in [-0.4, -0.2) is 35.6 Å². The summed E-state index contributed by atoms with van der Waals surface area (Å²) in [6.07, 6.45) is 3.00. The Balaban J connectivity index is 2.26. The van der Waals surface area contributed by atoms with Crippen molar-refractivity contribution in [3.63, 3.8) is 0 Å². The molecule has 0 radical (unpaired) electrons. The Morgan fingerprint density at radius 2 is 2.31 bits per heavy atom. The van der Waals surface area contributed by atoms with Crippen molar-refractivity contribution in [3.8, 4) is 0 Å². The zero-order valence-corrected chi connectivity index (χ0v) is 8.97. The molecule has 0 bridgehead atoms.